The monoisotopic (exact) mass is 314 g/mol. The van der Waals surface area contributed by atoms with Crippen LogP contribution in [0.3, 0.4) is 0 Å². The zero-order valence-corrected chi connectivity index (χ0v) is 12.7. The van der Waals surface area contributed by atoms with E-state index in [2.05, 4.69) is 15.4 Å². The lowest BCUT2D eigenvalue weighted by molar-refractivity contribution is -0.149. The van der Waals surface area contributed by atoms with Crippen LogP contribution in [-0.2, 0) is 20.9 Å². The molecule has 0 bridgehead atoms. The molecule has 1 atom stereocenters. The maximum absolute atomic E-state index is 12.6. The third-order valence-electron chi connectivity index (χ3n) is 4.91. The second kappa shape index (κ2) is 5.33. The van der Waals surface area contributed by atoms with Gasteiger partial charge in [0.25, 0.3) is 0 Å². The quantitative estimate of drug-likeness (QED) is 0.861. The van der Waals surface area contributed by atoms with Gasteiger partial charge in [-0.25, -0.2) is 9.50 Å². The Balaban J connectivity index is 1.49. The topological polar surface area (TPSA) is 85.6 Å². The van der Waals surface area contributed by atoms with Crippen LogP contribution in [0.2, 0.25) is 0 Å². The first-order valence-electron chi connectivity index (χ1n) is 7.95. The minimum absolute atomic E-state index is 0.116. The van der Waals surface area contributed by atoms with Gasteiger partial charge >= 0.3 is 5.97 Å². The van der Waals surface area contributed by atoms with Gasteiger partial charge < -0.3 is 10.1 Å². The van der Waals surface area contributed by atoms with Crippen LogP contribution in [0.15, 0.2) is 24.5 Å². The van der Waals surface area contributed by atoms with Gasteiger partial charge in [0.15, 0.2) is 5.65 Å². The van der Waals surface area contributed by atoms with Crippen LogP contribution in [-0.4, -0.2) is 32.1 Å². The Bertz CT molecular complexity index is 764. The van der Waals surface area contributed by atoms with E-state index in [-0.39, 0.29) is 24.2 Å². The van der Waals surface area contributed by atoms with Gasteiger partial charge in [0.2, 0.25) is 5.91 Å². The zero-order chi connectivity index (χ0) is 15.9. The highest BCUT2D eigenvalue weighted by Gasteiger charge is 2.53. The number of nitrogens with zero attached hydrogens (tertiary/aromatic N) is 3. The zero-order valence-electron chi connectivity index (χ0n) is 12.7. The van der Waals surface area contributed by atoms with Crippen LogP contribution in [0.4, 0.5) is 0 Å². The number of hydrogen-bond donors (Lipinski definition) is 1. The molecule has 7 nitrogen and oxygen atoms in total. The lowest BCUT2D eigenvalue weighted by Gasteiger charge is -2.27. The SMILES string of the molecule is O=C1CC(C(=O)NCc2cccc3ncnn23)C2(CCCC2)O1. The van der Waals surface area contributed by atoms with E-state index in [1.165, 1.54) is 6.33 Å². The Morgan fingerprint density at radius 1 is 1.39 bits per heavy atom. The number of nitrogens with one attached hydrogen (secondary N) is 1. The molecule has 0 aromatic carbocycles. The minimum Gasteiger partial charge on any atom is -0.458 e. The summed E-state index contributed by atoms with van der Waals surface area (Å²) in [5.74, 6) is -0.757. The van der Waals surface area contributed by atoms with Crippen LogP contribution in [0.5, 0.6) is 0 Å². The van der Waals surface area contributed by atoms with Crippen molar-refractivity contribution >= 4 is 17.5 Å². The molecule has 1 N–H and O–H groups in total. The molecule has 2 aromatic heterocycles. The average Bonchev–Trinajstić information content (AvgIpc) is 3.25. The van der Waals surface area contributed by atoms with Crippen LogP contribution in [0.25, 0.3) is 5.65 Å². The molecular weight excluding hydrogens is 296 g/mol. The standard InChI is InChI=1S/C16H18N4O3/c21-14-8-12(16(23-14)6-1-2-7-16)15(22)17-9-11-4-3-5-13-18-10-19-20(11)13/h3-5,10,12H,1-2,6-9H2,(H,17,22). The van der Waals surface area contributed by atoms with Crippen molar-refractivity contribution in [2.75, 3.05) is 0 Å². The predicted octanol–water partition coefficient (Wildman–Crippen LogP) is 1.22. The Morgan fingerprint density at radius 2 is 2.22 bits per heavy atom. The van der Waals surface area contributed by atoms with Crippen molar-refractivity contribution in [3.63, 3.8) is 0 Å². The first-order chi connectivity index (χ1) is 11.2. The van der Waals surface area contributed by atoms with E-state index in [1.807, 2.05) is 18.2 Å². The molecular formula is C16H18N4O3. The fourth-order valence-corrected chi connectivity index (χ4v) is 3.78. The normalized spacial score (nSPS) is 22.6. The second-order valence-corrected chi connectivity index (χ2v) is 6.27. The maximum Gasteiger partial charge on any atom is 0.307 e. The molecule has 23 heavy (non-hydrogen) atoms. The molecule has 1 saturated carbocycles. The van der Waals surface area contributed by atoms with Crippen molar-refractivity contribution in [3.8, 4) is 0 Å². The number of hydrogen-bond acceptors (Lipinski definition) is 5. The summed E-state index contributed by atoms with van der Waals surface area (Å²) < 4.78 is 7.22. The van der Waals surface area contributed by atoms with Gasteiger partial charge in [-0.2, -0.15) is 5.10 Å². The molecule has 1 amide bonds. The largest absolute Gasteiger partial charge is 0.458 e. The number of amides is 1. The first-order valence-corrected chi connectivity index (χ1v) is 7.95. The lowest BCUT2D eigenvalue weighted by atomic mass is 9.85. The fourth-order valence-electron chi connectivity index (χ4n) is 3.78. The van der Waals surface area contributed by atoms with Crippen molar-refractivity contribution in [1.29, 1.82) is 0 Å². The molecule has 0 radical (unpaired) electrons. The van der Waals surface area contributed by atoms with Crippen molar-refractivity contribution in [1.82, 2.24) is 19.9 Å². The number of esters is 1. The van der Waals surface area contributed by atoms with Crippen molar-refractivity contribution < 1.29 is 14.3 Å². The molecule has 1 unspecified atom stereocenters. The van der Waals surface area contributed by atoms with Gasteiger partial charge in [-0.15, -0.1) is 0 Å². The molecule has 4 rings (SSSR count). The summed E-state index contributed by atoms with van der Waals surface area (Å²) in [6, 6.07) is 5.63. The number of carbonyl (C=O) groups excluding carboxylic acids is 2. The van der Waals surface area contributed by atoms with E-state index in [1.54, 1.807) is 4.52 Å². The molecule has 7 heteroatoms. The summed E-state index contributed by atoms with van der Waals surface area (Å²) in [5, 5.41) is 7.09. The molecule has 120 valence electrons. The molecule has 1 aliphatic carbocycles. The Morgan fingerprint density at radius 3 is 3.04 bits per heavy atom. The minimum atomic E-state index is -0.569. The Hall–Kier alpha value is -2.44. The lowest BCUT2D eigenvalue weighted by Crippen LogP contribution is -2.42. The molecule has 2 aromatic rings. The van der Waals surface area contributed by atoms with Crippen LogP contribution in [0, 0.1) is 5.92 Å². The molecule has 1 aliphatic heterocycles. The maximum atomic E-state index is 12.6. The number of rotatable bonds is 3. The first kappa shape index (κ1) is 14.2. The smallest absolute Gasteiger partial charge is 0.307 e. The van der Waals surface area contributed by atoms with Gasteiger partial charge in [0.1, 0.15) is 11.9 Å². The second-order valence-electron chi connectivity index (χ2n) is 6.27. The summed E-state index contributed by atoms with van der Waals surface area (Å²) in [6.07, 6.45) is 5.26. The summed E-state index contributed by atoms with van der Waals surface area (Å²) in [5.41, 5.74) is 1.02. The fraction of sp³-hybridized carbons (Fsp3) is 0.500. The molecule has 3 heterocycles. The van der Waals surface area contributed by atoms with E-state index < -0.39 is 5.60 Å². The average molecular weight is 314 g/mol. The van der Waals surface area contributed by atoms with Gasteiger partial charge in [-0.05, 0) is 37.8 Å². The van der Waals surface area contributed by atoms with E-state index in [9.17, 15) is 9.59 Å². The van der Waals surface area contributed by atoms with E-state index in [0.29, 0.717) is 6.54 Å². The highest BCUT2D eigenvalue weighted by molar-refractivity contribution is 5.87. The summed E-state index contributed by atoms with van der Waals surface area (Å²) in [4.78, 5) is 28.4. The van der Waals surface area contributed by atoms with E-state index >= 15 is 0 Å². The summed E-state index contributed by atoms with van der Waals surface area (Å²) >= 11 is 0. The molecule has 2 aliphatic rings. The predicted molar refractivity (Wildman–Crippen MR) is 80.2 cm³/mol. The third-order valence-corrected chi connectivity index (χ3v) is 4.91. The number of aromatic nitrogens is 3. The van der Waals surface area contributed by atoms with Crippen molar-refractivity contribution in [2.45, 2.75) is 44.2 Å². The van der Waals surface area contributed by atoms with Gasteiger partial charge in [-0.3, -0.25) is 9.59 Å². The number of carbonyl (C=O) groups is 2. The molecule has 1 spiro atoms. The van der Waals surface area contributed by atoms with E-state index in [0.717, 1.165) is 37.0 Å². The summed E-state index contributed by atoms with van der Waals surface area (Å²) in [6.45, 7) is 0.348. The van der Waals surface area contributed by atoms with Crippen LogP contribution in [0.1, 0.15) is 37.8 Å². The highest BCUT2D eigenvalue weighted by Crippen LogP contribution is 2.45. The number of pyridine rings is 1. The van der Waals surface area contributed by atoms with Gasteiger partial charge in [0, 0.05) is 0 Å². The highest BCUT2D eigenvalue weighted by atomic mass is 16.6. The number of fused-ring (bicyclic) bond motifs is 1. The Labute approximate surface area is 133 Å². The van der Waals surface area contributed by atoms with Gasteiger partial charge in [-0.1, -0.05) is 6.07 Å². The number of ether oxygens (including phenoxy) is 1. The molecule has 2 fully saturated rings. The van der Waals surface area contributed by atoms with E-state index in [4.69, 9.17) is 4.74 Å². The van der Waals surface area contributed by atoms with Crippen molar-refractivity contribution in [3.05, 3.63) is 30.2 Å². The Kier molecular flexibility index (Phi) is 3.28. The van der Waals surface area contributed by atoms with Crippen molar-refractivity contribution in [2.24, 2.45) is 5.92 Å². The van der Waals surface area contributed by atoms with Crippen LogP contribution < -0.4 is 5.32 Å². The van der Waals surface area contributed by atoms with Crippen LogP contribution >= 0.6 is 0 Å². The molecule has 1 saturated heterocycles. The third kappa shape index (κ3) is 2.36. The summed E-state index contributed by atoms with van der Waals surface area (Å²) in [7, 11) is 0. The van der Waals surface area contributed by atoms with Gasteiger partial charge in [0.05, 0.1) is 24.6 Å².